The summed E-state index contributed by atoms with van der Waals surface area (Å²) >= 11 is 0. The molecular weight excluding hydrogens is 1400 g/mol. The molecule has 6 aromatic rings. The molecule has 574 valence electrons. The zero-order valence-electron chi connectivity index (χ0n) is 62.5. The maximum absolute atomic E-state index is 12.8. The van der Waals surface area contributed by atoms with Crippen molar-refractivity contribution in [2.75, 3.05) is 64.7 Å². The van der Waals surface area contributed by atoms with Crippen LogP contribution in [0.3, 0.4) is 0 Å². The van der Waals surface area contributed by atoms with Gasteiger partial charge in [-0.3, -0.25) is 39.6 Å². The van der Waals surface area contributed by atoms with Crippen molar-refractivity contribution in [3.8, 4) is 0 Å². The van der Waals surface area contributed by atoms with E-state index >= 15 is 0 Å². The first-order valence-electron chi connectivity index (χ1n) is 38.7. The van der Waals surface area contributed by atoms with Crippen LogP contribution in [0.4, 0.5) is 0 Å². The topological polar surface area (TPSA) is 183 Å². The molecule has 0 unspecified atom stereocenters. The molecule has 6 aromatic carbocycles. The van der Waals surface area contributed by atoms with Crippen molar-refractivity contribution in [1.29, 1.82) is 0 Å². The van der Waals surface area contributed by atoms with Gasteiger partial charge < -0.3 is 40.3 Å². The Morgan fingerprint density at radius 1 is 0.288 bits per heavy atom. The quantitative estimate of drug-likeness (QED) is 0.0107. The number of hydroxylamine groups is 6. The third-order valence-electron chi connectivity index (χ3n) is 19.8. The fourth-order valence-corrected chi connectivity index (χ4v) is 22.8. The number of rotatable bonds is 56. The molecule has 0 spiro atoms. The van der Waals surface area contributed by atoms with Crippen LogP contribution in [0, 0.1) is 0 Å². The number of nitrogens with zero attached hydrogens (tertiary/aromatic N) is 4. The summed E-state index contributed by atoms with van der Waals surface area (Å²) in [6, 6.07) is 67.7. The van der Waals surface area contributed by atoms with Gasteiger partial charge in [0.2, 0.25) is 29.5 Å². The second kappa shape index (κ2) is 56.5. The highest BCUT2D eigenvalue weighted by atomic mass is 35.5. The summed E-state index contributed by atoms with van der Waals surface area (Å²) in [5.74, 6) is -1.98. The molecule has 19 heteroatoms. The summed E-state index contributed by atoms with van der Waals surface area (Å²) in [5.41, 5.74) is 0. The van der Waals surface area contributed by atoms with Gasteiger partial charge in [0.15, 0.2) is 0 Å². The van der Waals surface area contributed by atoms with Crippen LogP contribution in [-0.4, -0.2) is 130 Å². The van der Waals surface area contributed by atoms with Crippen molar-refractivity contribution in [3.05, 3.63) is 182 Å². The van der Waals surface area contributed by atoms with E-state index in [4.69, 9.17) is 0 Å². The van der Waals surface area contributed by atoms with Crippen molar-refractivity contribution in [2.24, 2.45) is 0 Å². The molecule has 0 atom stereocenters. The molecule has 6 rings (SSSR count). The number of nitrogens with one attached hydrogen (secondary N) is 2. The average Bonchev–Trinajstić information content (AvgIpc) is 0.768. The van der Waals surface area contributed by atoms with E-state index in [-0.39, 0.29) is 94.4 Å². The number of carbonyl (C=O) groups is 5. The number of halogens is 3. The molecule has 104 heavy (non-hydrogen) atoms. The number of benzene rings is 6. The van der Waals surface area contributed by atoms with Crippen LogP contribution in [0.25, 0.3) is 0 Å². The third kappa shape index (κ3) is 34.9. The fourth-order valence-electron chi connectivity index (χ4n) is 13.9. The lowest BCUT2D eigenvalue weighted by Gasteiger charge is -2.27. The lowest BCUT2D eigenvalue weighted by atomic mass is 10.1. The van der Waals surface area contributed by atoms with Crippen LogP contribution in [0.5, 0.6) is 0 Å². The van der Waals surface area contributed by atoms with E-state index < -0.39 is 32.2 Å². The van der Waals surface area contributed by atoms with Gasteiger partial charge in [-0.2, -0.15) is 0 Å². The van der Waals surface area contributed by atoms with Gasteiger partial charge in [-0.05, 0) is 182 Å². The largest absolute Gasteiger partial charge is 1.00 e. The predicted octanol–water partition coefficient (Wildman–Crippen LogP) is 10.5. The lowest BCUT2D eigenvalue weighted by Crippen LogP contribution is -3.00. The van der Waals surface area contributed by atoms with Gasteiger partial charge in [0, 0.05) is 65.3 Å². The third-order valence-corrected chi connectivity index (χ3v) is 28.8. The minimum atomic E-state index is -1.77. The molecule has 0 radical (unpaired) electrons. The van der Waals surface area contributed by atoms with Crippen molar-refractivity contribution < 1.29 is 64.4 Å². The molecule has 0 aliphatic heterocycles. The summed E-state index contributed by atoms with van der Waals surface area (Å²) in [5, 5.41) is 46.7. The van der Waals surface area contributed by atoms with Crippen LogP contribution in [0.15, 0.2) is 182 Å². The van der Waals surface area contributed by atoms with Crippen LogP contribution in [0.1, 0.15) is 219 Å². The Balaban J connectivity index is 0.00000936. The predicted molar refractivity (Wildman–Crippen MR) is 428 cm³/mol. The molecule has 0 bridgehead atoms. The molecule has 14 nitrogen and oxygen atoms in total. The molecule has 0 aliphatic carbocycles. The fraction of sp³-hybridized carbons (Fsp3) is 0.518. The second-order valence-electron chi connectivity index (χ2n) is 27.6. The zero-order valence-corrected chi connectivity index (χ0v) is 66.6. The van der Waals surface area contributed by atoms with Gasteiger partial charge >= 0.3 is 0 Å². The molecule has 0 heterocycles. The van der Waals surface area contributed by atoms with Crippen molar-refractivity contribution in [1.82, 2.24) is 30.7 Å². The highest BCUT2D eigenvalue weighted by Crippen LogP contribution is 2.57. The average molecular weight is 1530 g/mol. The van der Waals surface area contributed by atoms with E-state index in [1.165, 1.54) is 179 Å². The van der Waals surface area contributed by atoms with E-state index in [9.17, 15) is 39.6 Å². The van der Waals surface area contributed by atoms with E-state index in [0.29, 0.717) is 68.2 Å². The van der Waals surface area contributed by atoms with E-state index in [1.807, 2.05) is 0 Å². The summed E-state index contributed by atoms with van der Waals surface area (Å²) in [7, 11) is -3.54. The van der Waals surface area contributed by atoms with Crippen LogP contribution in [0.2, 0.25) is 0 Å². The first-order valence-corrected chi connectivity index (χ1v) is 42.7. The van der Waals surface area contributed by atoms with E-state index in [0.717, 1.165) is 37.5 Å². The summed E-state index contributed by atoms with van der Waals surface area (Å²) in [6.45, 7) is 5.92. The van der Waals surface area contributed by atoms with Crippen molar-refractivity contribution in [3.63, 3.8) is 0 Å². The van der Waals surface area contributed by atoms with Gasteiger partial charge in [0.25, 0.3) is 0 Å². The molecule has 5 amide bonds. The Bertz CT molecular complexity index is 2830. The number of unbranched alkanes of at least 4 members (excludes halogenated alkanes) is 24. The number of hydrogen-bond donors (Lipinski definition) is 5. The van der Waals surface area contributed by atoms with Gasteiger partial charge in [0.1, 0.15) is 46.4 Å². The van der Waals surface area contributed by atoms with Crippen LogP contribution >= 0.6 is 26.9 Å². The Kier molecular flexibility index (Phi) is 50.2. The molecular formula is C85H125Cl3N6O8P2. The smallest absolute Gasteiger partial charge is 0.246 e. The molecule has 0 saturated carbocycles. The minimum absolute atomic E-state index is 0. The normalized spacial score (nSPS) is 11.2. The molecule has 0 fully saturated rings. The van der Waals surface area contributed by atoms with Gasteiger partial charge in [0.05, 0.1) is 12.3 Å². The molecule has 0 aromatic heterocycles. The van der Waals surface area contributed by atoms with Gasteiger partial charge in [-0.1, -0.05) is 206 Å². The SMILES string of the molecule is CC(=O)N(O)CCCCCNC(=O)CCC(=O)N(O)CCCCCNC(=O)CCC(=O)N(O)CCCCCN(CCCCCCCCCCCC[P+](c1ccccc1)(c1ccccc1)c1ccccc1)CCCCCCCCCCCC[P+](c1ccccc1)(c1ccccc1)c1ccccc1.Cl.[Cl-].[Cl-]. The monoisotopic (exact) mass is 1520 g/mol. The highest BCUT2D eigenvalue weighted by Gasteiger charge is 2.46. The van der Waals surface area contributed by atoms with E-state index in [1.54, 1.807) is 0 Å². The Labute approximate surface area is 644 Å². The van der Waals surface area contributed by atoms with E-state index in [2.05, 4.69) is 198 Å². The second-order valence-corrected chi connectivity index (χ2v) is 34.8. The molecule has 0 saturated heterocycles. The van der Waals surface area contributed by atoms with Gasteiger partial charge in [-0.15, -0.1) is 12.4 Å². The summed E-state index contributed by atoms with van der Waals surface area (Å²) < 4.78 is 0. The maximum atomic E-state index is 12.8. The Hall–Kier alpha value is -5.76. The van der Waals surface area contributed by atoms with Crippen LogP contribution in [-0.2, 0) is 24.0 Å². The highest BCUT2D eigenvalue weighted by molar-refractivity contribution is 7.96. The minimum Gasteiger partial charge on any atom is -1.00 e. The van der Waals surface area contributed by atoms with Gasteiger partial charge in [-0.25, -0.2) is 15.2 Å². The first kappa shape index (κ1) is 92.4. The summed E-state index contributed by atoms with van der Waals surface area (Å²) in [6.07, 6.45) is 34.1. The number of amides is 5. The molecule has 0 aliphatic rings. The number of carbonyl (C=O) groups excluding carboxylic acids is 5. The van der Waals surface area contributed by atoms with Crippen molar-refractivity contribution >= 4 is 88.3 Å². The van der Waals surface area contributed by atoms with Crippen molar-refractivity contribution in [2.45, 2.75) is 219 Å². The standard InChI is InChI=1S/C85H122N6O8P2.3ClH/c1-75(92)89(97)70-44-24-39-65-86-82(93)61-63-84(95)90(98)71-45-25-40-66-87-83(94)62-64-85(96)91(99)72-46-26-43-69-88(67-41-14-10-6-2-4-8-12-16-47-73-100(76-49-27-18-28-50-76,77-51-29-19-30-52-77)78-53-31-20-32-54-78)68-42-15-11-7-3-5-9-13-17-48-74-101(79-55-33-21-34-56-79,80-57-35-22-36-58-80)81-59-37-23-38-60-81;;;/h18-23,27-38,49-60,97-99H,2-17,24-26,39-48,61-74H2,1H3;3*1H. The first-order chi connectivity index (χ1) is 49.4. The zero-order chi connectivity index (χ0) is 71.7. The Morgan fingerprint density at radius 3 is 0.760 bits per heavy atom. The Morgan fingerprint density at radius 2 is 0.500 bits per heavy atom. The number of hydrogen-bond acceptors (Lipinski definition) is 9. The maximum Gasteiger partial charge on any atom is 0.246 e. The van der Waals surface area contributed by atoms with Crippen LogP contribution < -0.4 is 67.3 Å². The lowest BCUT2D eigenvalue weighted by molar-refractivity contribution is -0.166. The summed E-state index contributed by atoms with van der Waals surface area (Å²) in [4.78, 5) is 63.6. The molecule has 5 N–H and O–H groups in total.